The molecule has 3 nitrogen and oxygen atoms in total. The number of halogens is 2. The molecule has 1 aliphatic rings. The van der Waals surface area contributed by atoms with Crippen LogP contribution in [0.15, 0.2) is 36.4 Å². The van der Waals surface area contributed by atoms with Crippen molar-refractivity contribution in [2.75, 3.05) is 32.8 Å². The van der Waals surface area contributed by atoms with Gasteiger partial charge in [-0.3, -0.25) is 0 Å². The lowest BCUT2D eigenvalue weighted by atomic mass is 9.89. The molecular weight excluding hydrogens is 367 g/mol. The molecular formula is C21H26Cl2N2O. The molecule has 1 N–H and O–H groups in total. The molecule has 140 valence electrons. The van der Waals surface area contributed by atoms with Gasteiger partial charge in [-0.05, 0) is 60.5 Å². The van der Waals surface area contributed by atoms with E-state index in [1.807, 2.05) is 12.1 Å². The summed E-state index contributed by atoms with van der Waals surface area (Å²) in [7, 11) is 0. The monoisotopic (exact) mass is 392 g/mol. The van der Waals surface area contributed by atoms with Crippen molar-refractivity contribution in [1.29, 1.82) is 0 Å². The Bertz CT molecular complexity index is 747. The molecule has 0 fully saturated rings. The van der Waals surface area contributed by atoms with Crippen LogP contribution in [0.5, 0.6) is 5.75 Å². The van der Waals surface area contributed by atoms with Crippen molar-refractivity contribution in [3.63, 3.8) is 0 Å². The number of hydrogen-bond acceptors (Lipinski definition) is 3. The lowest BCUT2D eigenvalue weighted by Gasteiger charge is -2.28. The summed E-state index contributed by atoms with van der Waals surface area (Å²) in [6.45, 7) is 9.05. The second kappa shape index (κ2) is 9.09. The molecule has 1 aliphatic heterocycles. The number of ether oxygens (including phenoxy) is 1. The topological polar surface area (TPSA) is 24.5 Å². The molecule has 1 unspecified atom stereocenters. The summed E-state index contributed by atoms with van der Waals surface area (Å²) in [6.07, 6.45) is 0.990. The van der Waals surface area contributed by atoms with Crippen LogP contribution >= 0.6 is 23.2 Å². The first kappa shape index (κ1) is 19.5. The summed E-state index contributed by atoms with van der Waals surface area (Å²) >= 11 is 12.5. The van der Waals surface area contributed by atoms with Crippen LogP contribution in [0.25, 0.3) is 0 Å². The molecule has 0 saturated carbocycles. The maximum Gasteiger partial charge on any atom is 0.119 e. The zero-order valence-corrected chi connectivity index (χ0v) is 16.9. The number of nitrogens with one attached hydrogen (secondary N) is 1. The molecule has 0 saturated heterocycles. The van der Waals surface area contributed by atoms with Crippen molar-refractivity contribution in [3.8, 4) is 5.75 Å². The quantitative estimate of drug-likeness (QED) is 0.721. The Morgan fingerprint density at radius 3 is 2.58 bits per heavy atom. The summed E-state index contributed by atoms with van der Waals surface area (Å²) in [5.74, 6) is 0.943. The third kappa shape index (κ3) is 4.52. The first-order chi connectivity index (χ1) is 12.6. The van der Waals surface area contributed by atoms with Crippen LogP contribution in [-0.2, 0) is 6.42 Å². The van der Waals surface area contributed by atoms with E-state index in [1.54, 1.807) is 6.07 Å². The van der Waals surface area contributed by atoms with Gasteiger partial charge in [0.15, 0.2) is 0 Å². The van der Waals surface area contributed by atoms with E-state index in [1.165, 1.54) is 11.1 Å². The summed E-state index contributed by atoms with van der Waals surface area (Å²) in [5.41, 5.74) is 3.64. The summed E-state index contributed by atoms with van der Waals surface area (Å²) in [6, 6.07) is 12.2. The van der Waals surface area contributed by atoms with Gasteiger partial charge in [-0.1, -0.05) is 49.2 Å². The van der Waals surface area contributed by atoms with Crippen molar-refractivity contribution >= 4 is 23.2 Å². The molecule has 0 bridgehead atoms. The van der Waals surface area contributed by atoms with Crippen LogP contribution in [0, 0.1) is 0 Å². The van der Waals surface area contributed by atoms with Gasteiger partial charge < -0.3 is 15.0 Å². The SMILES string of the molecule is CCN(CC)CCOc1ccc2c(c1)CCNC2c1ccc(Cl)cc1Cl. The average Bonchev–Trinajstić information content (AvgIpc) is 2.65. The van der Waals surface area contributed by atoms with Crippen molar-refractivity contribution in [1.82, 2.24) is 10.2 Å². The number of likely N-dealkylation sites (N-methyl/N-ethyl adjacent to an activating group) is 1. The predicted octanol–water partition coefficient (Wildman–Crippen LogP) is 4.95. The van der Waals surface area contributed by atoms with Gasteiger partial charge >= 0.3 is 0 Å². The highest BCUT2D eigenvalue weighted by molar-refractivity contribution is 6.35. The third-order valence-corrected chi connectivity index (χ3v) is 5.57. The third-order valence-electron chi connectivity index (χ3n) is 5.01. The van der Waals surface area contributed by atoms with E-state index in [0.29, 0.717) is 16.7 Å². The summed E-state index contributed by atoms with van der Waals surface area (Å²) in [5, 5.41) is 4.93. The average molecular weight is 393 g/mol. The maximum absolute atomic E-state index is 6.43. The Labute approximate surface area is 166 Å². The van der Waals surface area contributed by atoms with Gasteiger partial charge in [0, 0.05) is 23.1 Å². The molecule has 0 aliphatic carbocycles. The number of benzene rings is 2. The first-order valence-corrected chi connectivity index (χ1v) is 10.0. The Kier molecular flexibility index (Phi) is 6.82. The van der Waals surface area contributed by atoms with Gasteiger partial charge in [-0.2, -0.15) is 0 Å². The number of nitrogens with zero attached hydrogens (tertiary/aromatic N) is 1. The molecule has 0 amide bonds. The minimum absolute atomic E-state index is 0.0910. The second-order valence-corrected chi connectivity index (χ2v) is 7.38. The molecule has 26 heavy (non-hydrogen) atoms. The highest BCUT2D eigenvalue weighted by atomic mass is 35.5. The van der Waals surface area contributed by atoms with Crippen LogP contribution in [0.3, 0.4) is 0 Å². The van der Waals surface area contributed by atoms with Crippen LogP contribution in [0.4, 0.5) is 0 Å². The fourth-order valence-electron chi connectivity index (χ4n) is 3.48. The minimum Gasteiger partial charge on any atom is -0.492 e. The molecule has 5 heteroatoms. The molecule has 0 radical (unpaired) electrons. The van der Waals surface area contributed by atoms with E-state index in [9.17, 15) is 0 Å². The van der Waals surface area contributed by atoms with Gasteiger partial charge in [-0.15, -0.1) is 0 Å². The minimum atomic E-state index is 0.0910. The molecule has 2 aromatic carbocycles. The van der Waals surface area contributed by atoms with Crippen LogP contribution in [0.1, 0.15) is 36.6 Å². The summed E-state index contributed by atoms with van der Waals surface area (Å²) in [4.78, 5) is 2.36. The lowest BCUT2D eigenvalue weighted by Crippen LogP contribution is -2.31. The molecule has 3 rings (SSSR count). The van der Waals surface area contributed by atoms with Crippen molar-refractivity contribution in [2.24, 2.45) is 0 Å². The van der Waals surface area contributed by atoms with Crippen LogP contribution < -0.4 is 10.1 Å². The Morgan fingerprint density at radius 2 is 1.85 bits per heavy atom. The van der Waals surface area contributed by atoms with Crippen molar-refractivity contribution in [2.45, 2.75) is 26.3 Å². The van der Waals surface area contributed by atoms with Gasteiger partial charge in [0.1, 0.15) is 12.4 Å². The fraction of sp³-hybridized carbons (Fsp3) is 0.429. The zero-order chi connectivity index (χ0) is 18.5. The fourth-order valence-corrected chi connectivity index (χ4v) is 3.99. The van der Waals surface area contributed by atoms with Gasteiger partial charge in [0.05, 0.1) is 6.04 Å². The largest absolute Gasteiger partial charge is 0.492 e. The van der Waals surface area contributed by atoms with Crippen LogP contribution in [-0.4, -0.2) is 37.7 Å². The number of rotatable bonds is 7. The zero-order valence-electron chi connectivity index (χ0n) is 15.4. The first-order valence-electron chi connectivity index (χ1n) is 9.28. The summed E-state index contributed by atoms with van der Waals surface area (Å²) < 4.78 is 5.98. The van der Waals surface area contributed by atoms with E-state index < -0.39 is 0 Å². The van der Waals surface area contributed by atoms with E-state index in [4.69, 9.17) is 27.9 Å². The van der Waals surface area contributed by atoms with Crippen LogP contribution in [0.2, 0.25) is 10.0 Å². The highest BCUT2D eigenvalue weighted by Crippen LogP contribution is 2.35. The Morgan fingerprint density at radius 1 is 1.08 bits per heavy atom. The maximum atomic E-state index is 6.43. The molecule has 0 aromatic heterocycles. The molecule has 0 spiro atoms. The number of hydrogen-bond donors (Lipinski definition) is 1. The van der Waals surface area contributed by atoms with Crippen molar-refractivity contribution < 1.29 is 4.74 Å². The molecule has 1 heterocycles. The Balaban J connectivity index is 1.75. The van der Waals surface area contributed by atoms with Crippen molar-refractivity contribution in [3.05, 3.63) is 63.1 Å². The predicted molar refractivity (Wildman–Crippen MR) is 110 cm³/mol. The van der Waals surface area contributed by atoms with Gasteiger partial charge in [-0.25, -0.2) is 0 Å². The van der Waals surface area contributed by atoms with E-state index >= 15 is 0 Å². The van der Waals surface area contributed by atoms with E-state index in [0.717, 1.165) is 43.9 Å². The smallest absolute Gasteiger partial charge is 0.119 e. The number of fused-ring (bicyclic) bond motifs is 1. The standard InChI is InChI=1S/C21H26Cl2N2O/c1-3-25(4-2)11-12-26-17-6-8-18-15(13-17)9-10-24-21(18)19-7-5-16(22)14-20(19)23/h5-8,13-14,21,24H,3-4,9-12H2,1-2H3. The van der Waals surface area contributed by atoms with E-state index in [-0.39, 0.29) is 6.04 Å². The molecule has 1 atom stereocenters. The lowest BCUT2D eigenvalue weighted by molar-refractivity contribution is 0.222. The Hall–Kier alpha value is -1.26. The second-order valence-electron chi connectivity index (χ2n) is 6.54. The van der Waals surface area contributed by atoms with Gasteiger partial charge in [0.25, 0.3) is 0 Å². The van der Waals surface area contributed by atoms with E-state index in [2.05, 4.69) is 42.3 Å². The normalized spacial score (nSPS) is 16.6. The highest BCUT2D eigenvalue weighted by Gasteiger charge is 2.23. The van der Waals surface area contributed by atoms with Gasteiger partial charge in [0.2, 0.25) is 0 Å². The molecule has 2 aromatic rings.